The van der Waals surface area contributed by atoms with Crippen LogP contribution in [0.2, 0.25) is 5.02 Å². The maximum atomic E-state index is 6.20. The molecule has 2 rings (SSSR count). The van der Waals surface area contributed by atoms with Crippen LogP contribution in [0.1, 0.15) is 16.7 Å². The minimum atomic E-state index is 0.461. The Morgan fingerprint density at radius 1 is 1.20 bits per heavy atom. The van der Waals surface area contributed by atoms with E-state index in [2.05, 4.69) is 27.3 Å². The molecule has 1 N–H and O–H groups in total. The van der Waals surface area contributed by atoms with E-state index in [0.717, 1.165) is 32.9 Å². The molecule has 0 radical (unpaired) electrons. The van der Waals surface area contributed by atoms with Crippen LogP contribution in [0.3, 0.4) is 0 Å². The highest BCUT2D eigenvalue weighted by atomic mass is 79.9. The normalized spacial score (nSPS) is 10.6. The molecule has 0 aliphatic heterocycles. The van der Waals surface area contributed by atoms with Crippen LogP contribution in [0.5, 0.6) is 5.75 Å². The standard InChI is InChI=1S/C16H17BrClNO/c1-11-3-5-13(15(18)7-11)10-20-16-6-4-12(9-19-2)8-14(16)17/h3-8,19H,9-10H2,1-2H3. The highest BCUT2D eigenvalue weighted by molar-refractivity contribution is 9.10. The Bertz CT molecular complexity index is 601. The minimum Gasteiger partial charge on any atom is -0.488 e. The number of rotatable bonds is 5. The van der Waals surface area contributed by atoms with E-state index in [0.29, 0.717) is 6.61 Å². The van der Waals surface area contributed by atoms with Gasteiger partial charge < -0.3 is 10.1 Å². The summed E-state index contributed by atoms with van der Waals surface area (Å²) in [5, 5.41) is 3.87. The van der Waals surface area contributed by atoms with Crippen LogP contribution in [0.15, 0.2) is 40.9 Å². The van der Waals surface area contributed by atoms with Gasteiger partial charge in [-0.05, 0) is 59.2 Å². The number of hydrogen-bond donors (Lipinski definition) is 1. The number of ether oxygens (including phenoxy) is 1. The number of benzene rings is 2. The molecule has 0 saturated carbocycles. The van der Waals surface area contributed by atoms with Gasteiger partial charge in [0.1, 0.15) is 12.4 Å². The number of nitrogens with one attached hydrogen (secondary N) is 1. The summed E-state index contributed by atoms with van der Waals surface area (Å²) in [5.74, 6) is 0.821. The third-order valence-corrected chi connectivity index (χ3v) is 3.94. The van der Waals surface area contributed by atoms with Gasteiger partial charge in [-0.2, -0.15) is 0 Å². The van der Waals surface area contributed by atoms with E-state index in [9.17, 15) is 0 Å². The van der Waals surface area contributed by atoms with Gasteiger partial charge >= 0.3 is 0 Å². The van der Waals surface area contributed by atoms with E-state index in [1.807, 2.05) is 44.3 Å². The second kappa shape index (κ2) is 7.11. The molecule has 2 nitrogen and oxygen atoms in total. The first kappa shape index (κ1) is 15.4. The predicted octanol–water partition coefficient (Wildman–Crippen LogP) is 4.71. The third kappa shape index (κ3) is 3.98. The molecule has 0 aromatic heterocycles. The molecule has 106 valence electrons. The van der Waals surface area contributed by atoms with Crippen LogP contribution in [-0.4, -0.2) is 7.05 Å². The highest BCUT2D eigenvalue weighted by Crippen LogP contribution is 2.28. The smallest absolute Gasteiger partial charge is 0.134 e. The maximum Gasteiger partial charge on any atom is 0.134 e. The van der Waals surface area contributed by atoms with Crippen molar-refractivity contribution in [2.75, 3.05) is 7.05 Å². The Kier molecular flexibility index (Phi) is 5.46. The van der Waals surface area contributed by atoms with Gasteiger partial charge in [0.05, 0.1) is 4.47 Å². The molecule has 0 atom stereocenters. The molecule has 0 saturated heterocycles. The number of aryl methyl sites for hydroxylation is 1. The van der Waals surface area contributed by atoms with Crippen molar-refractivity contribution < 1.29 is 4.74 Å². The molecule has 2 aromatic carbocycles. The Morgan fingerprint density at radius 3 is 2.65 bits per heavy atom. The zero-order chi connectivity index (χ0) is 14.5. The van der Waals surface area contributed by atoms with E-state index in [1.165, 1.54) is 5.56 Å². The van der Waals surface area contributed by atoms with E-state index in [1.54, 1.807) is 0 Å². The lowest BCUT2D eigenvalue weighted by Gasteiger charge is -2.11. The summed E-state index contributed by atoms with van der Waals surface area (Å²) in [4.78, 5) is 0. The fraction of sp³-hybridized carbons (Fsp3) is 0.250. The molecule has 0 fully saturated rings. The van der Waals surface area contributed by atoms with Gasteiger partial charge in [0, 0.05) is 17.1 Å². The van der Waals surface area contributed by atoms with Crippen molar-refractivity contribution >= 4 is 27.5 Å². The van der Waals surface area contributed by atoms with Gasteiger partial charge in [-0.25, -0.2) is 0 Å². The van der Waals surface area contributed by atoms with Crippen LogP contribution in [0.25, 0.3) is 0 Å². The SMILES string of the molecule is CNCc1ccc(OCc2ccc(C)cc2Cl)c(Br)c1. The van der Waals surface area contributed by atoms with Crippen molar-refractivity contribution in [3.8, 4) is 5.75 Å². The van der Waals surface area contributed by atoms with Gasteiger partial charge in [0.2, 0.25) is 0 Å². The molecular weight excluding hydrogens is 338 g/mol. The second-order valence-corrected chi connectivity index (χ2v) is 5.94. The first-order chi connectivity index (χ1) is 9.60. The van der Waals surface area contributed by atoms with Crippen molar-refractivity contribution in [2.24, 2.45) is 0 Å². The van der Waals surface area contributed by atoms with Gasteiger partial charge in [0.25, 0.3) is 0 Å². The topological polar surface area (TPSA) is 21.3 Å². The Balaban J connectivity index is 2.07. The lowest BCUT2D eigenvalue weighted by molar-refractivity contribution is 0.304. The number of halogens is 2. The van der Waals surface area contributed by atoms with Crippen molar-refractivity contribution in [1.29, 1.82) is 0 Å². The Labute approximate surface area is 133 Å². The maximum absolute atomic E-state index is 6.20. The molecule has 0 heterocycles. The largest absolute Gasteiger partial charge is 0.488 e. The third-order valence-electron chi connectivity index (χ3n) is 2.97. The Morgan fingerprint density at radius 2 is 2.00 bits per heavy atom. The minimum absolute atomic E-state index is 0.461. The van der Waals surface area contributed by atoms with Gasteiger partial charge in [0.15, 0.2) is 0 Å². The summed E-state index contributed by atoms with van der Waals surface area (Å²) in [6.07, 6.45) is 0. The van der Waals surface area contributed by atoms with E-state index >= 15 is 0 Å². The molecule has 0 spiro atoms. The molecule has 0 aliphatic rings. The van der Waals surface area contributed by atoms with Gasteiger partial charge in [-0.3, -0.25) is 0 Å². The highest BCUT2D eigenvalue weighted by Gasteiger charge is 2.05. The molecular formula is C16H17BrClNO. The fourth-order valence-electron chi connectivity index (χ4n) is 1.90. The van der Waals surface area contributed by atoms with Crippen LogP contribution in [0, 0.1) is 6.92 Å². The predicted molar refractivity (Wildman–Crippen MR) is 87.4 cm³/mol. The second-order valence-electron chi connectivity index (χ2n) is 4.68. The van der Waals surface area contributed by atoms with Crippen LogP contribution in [0.4, 0.5) is 0 Å². The van der Waals surface area contributed by atoms with Crippen molar-refractivity contribution in [1.82, 2.24) is 5.32 Å². The zero-order valence-electron chi connectivity index (χ0n) is 11.5. The number of hydrogen-bond acceptors (Lipinski definition) is 2. The summed E-state index contributed by atoms with van der Waals surface area (Å²) in [6, 6.07) is 12.1. The van der Waals surface area contributed by atoms with Crippen LogP contribution >= 0.6 is 27.5 Å². The average Bonchev–Trinajstić information content (AvgIpc) is 2.40. The fourth-order valence-corrected chi connectivity index (χ4v) is 2.73. The van der Waals surface area contributed by atoms with Crippen molar-refractivity contribution in [3.63, 3.8) is 0 Å². The van der Waals surface area contributed by atoms with Gasteiger partial charge in [-0.1, -0.05) is 29.8 Å². The summed E-state index contributed by atoms with van der Waals surface area (Å²) in [5.41, 5.74) is 3.35. The summed E-state index contributed by atoms with van der Waals surface area (Å²) >= 11 is 9.74. The van der Waals surface area contributed by atoms with E-state index in [4.69, 9.17) is 16.3 Å². The monoisotopic (exact) mass is 353 g/mol. The molecule has 0 amide bonds. The lowest BCUT2D eigenvalue weighted by atomic mass is 10.1. The summed E-state index contributed by atoms with van der Waals surface area (Å²) in [6.45, 7) is 3.32. The molecule has 4 heteroatoms. The first-order valence-corrected chi connectivity index (χ1v) is 7.58. The van der Waals surface area contributed by atoms with E-state index < -0.39 is 0 Å². The van der Waals surface area contributed by atoms with Crippen molar-refractivity contribution in [2.45, 2.75) is 20.1 Å². The quantitative estimate of drug-likeness (QED) is 0.839. The lowest BCUT2D eigenvalue weighted by Crippen LogP contribution is -2.05. The first-order valence-electron chi connectivity index (χ1n) is 6.41. The molecule has 20 heavy (non-hydrogen) atoms. The van der Waals surface area contributed by atoms with Crippen LogP contribution in [-0.2, 0) is 13.2 Å². The molecule has 0 bridgehead atoms. The summed E-state index contributed by atoms with van der Waals surface area (Å²) < 4.78 is 6.78. The molecule has 2 aromatic rings. The molecule has 0 aliphatic carbocycles. The van der Waals surface area contributed by atoms with Crippen molar-refractivity contribution in [3.05, 3.63) is 62.6 Å². The van der Waals surface area contributed by atoms with E-state index in [-0.39, 0.29) is 0 Å². The van der Waals surface area contributed by atoms with Crippen LogP contribution < -0.4 is 10.1 Å². The molecule has 0 unspecified atom stereocenters. The zero-order valence-corrected chi connectivity index (χ0v) is 13.9. The Hall–Kier alpha value is -1.03. The van der Waals surface area contributed by atoms with Gasteiger partial charge in [-0.15, -0.1) is 0 Å². The average molecular weight is 355 g/mol. The summed E-state index contributed by atoms with van der Waals surface area (Å²) in [7, 11) is 1.93.